The molecule has 0 unspecified atom stereocenters. The number of para-hydroxylation sites is 2. The fourth-order valence-electron chi connectivity index (χ4n) is 2.06. The van der Waals surface area contributed by atoms with E-state index in [9.17, 15) is 18.8 Å². The van der Waals surface area contributed by atoms with Crippen LogP contribution in [-0.2, 0) is 19.1 Å². The number of thioether (sulfide) groups is 1. The molecule has 0 saturated heterocycles. The predicted molar refractivity (Wildman–Crippen MR) is 103 cm³/mol. The van der Waals surface area contributed by atoms with Crippen LogP contribution in [0.4, 0.5) is 15.8 Å². The molecule has 0 aliphatic carbocycles. The van der Waals surface area contributed by atoms with Crippen LogP contribution in [0.2, 0.25) is 0 Å². The zero-order valence-electron chi connectivity index (χ0n) is 14.7. The van der Waals surface area contributed by atoms with Gasteiger partial charge < -0.3 is 15.4 Å². The van der Waals surface area contributed by atoms with Gasteiger partial charge in [0.15, 0.2) is 6.61 Å². The summed E-state index contributed by atoms with van der Waals surface area (Å²) in [5.41, 5.74) is 1.63. The van der Waals surface area contributed by atoms with Crippen LogP contribution >= 0.6 is 11.8 Å². The summed E-state index contributed by atoms with van der Waals surface area (Å²) >= 11 is 1.01. The molecule has 2 N–H and O–H groups in total. The maximum Gasteiger partial charge on any atom is 0.316 e. The molecule has 0 fully saturated rings. The highest BCUT2D eigenvalue weighted by molar-refractivity contribution is 8.00. The van der Waals surface area contributed by atoms with Crippen LogP contribution in [0, 0.1) is 12.7 Å². The molecule has 0 spiro atoms. The normalized spacial score (nSPS) is 10.1. The van der Waals surface area contributed by atoms with E-state index < -0.39 is 30.2 Å². The zero-order valence-corrected chi connectivity index (χ0v) is 15.5. The summed E-state index contributed by atoms with van der Waals surface area (Å²) in [6.45, 7) is 1.44. The van der Waals surface area contributed by atoms with E-state index in [2.05, 4.69) is 10.6 Å². The first-order chi connectivity index (χ1) is 13.0. The number of nitrogens with one attached hydrogen (secondary N) is 2. The highest BCUT2D eigenvalue weighted by atomic mass is 32.2. The second kappa shape index (κ2) is 10.3. The molecule has 0 radical (unpaired) electrons. The van der Waals surface area contributed by atoms with Gasteiger partial charge in [-0.2, -0.15) is 0 Å². The number of hydrogen-bond acceptors (Lipinski definition) is 5. The minimum Gasteiger partial charge on any atom is -0.455 e. The van der Waals surface area contributed by atoms with Crippen molar-refractivity contribution in [3.63, 3.8) is 0 Å². The van der Waals surface area contributed by atoms with Crippen LogP contribution in [0.5, 0.6) is 0 Å². The number of rotatable bonds is 8. The van der Waals surface area contributed by atoms with Gasteiger partial charge in [0, 0.05) is 5.69 Å². The predicted octanol–water partition coefficient (Wildman–Crippen LogP) is 2.99. The minimum atomic E-state index is -0.612. The molecule has 0 heterocycles. The van der Waals surface area contributed by atoms with Crippen LogP contribution in [0.3, 0.4) is 0 Å². The molecule has 0 saturated carbocycles. The van der Waals surface area contributed by atoms with E-state index in [-0.39, 0.29) is 17.2 Å². The molecular formula is C19H19FN2O4S. The summed E-state index contributed by atoms with van der Waals surface area (Å²) in [4.78, 5) is 35.2. The highest BCUT2D eigenvalue weighted by Gasteiger charge is 2.11. The lowest BCUT2D eigenvalue weighted by Gasteiger charge is -2.09. The Morgan fingerprint density at radius 1 is 0.926 bits per heavy atom. The van der Waals surface area contributed by atoms with E-state index in [0.29, 0.717) is 5.69 Å². The van der Waals surface area contributed by atoms with Gasteiger partial charge >= 0.3 is 5.97 Å². The molecular weight excluding hydrogens is 371 g/mol. The van der Waals surface area contributed by atoms with Gasteiger partial charge in [0.25, 0.3) is 5.91 Å². The summed E-state index contributed by atoms with van der Waals surface area (Å²) in [6.07, 6.45) is 0. The number of esters is 1. The van der Waals surface area contributed by atoms with Gasteiger partial charge in [-0.15, -0.1) is 11.8 Å². The molecule has 0 aliphatic rings. The Morgan fingerprint density at radius 3 is 2.26 bits per heavy atom. The van der Waals surface area contributed by atoms with E-state index in [4.69, 9.17) is 4.74 Å². The largest absolute Gasteiger partial charge is 0.455 e. The van der Waals surface area contributed by atoms with Crippen molar-refractivity contribution >= 4 is 40.9 Å². The number of anilines is 2. The molecule has 2 rings (SSSR count). The number of amides is 2. The Kier molecular flexibility index (Phi) is 7.81. The molecule has 27 heavy (non-hydrogen) atoms. The Morgan fingerprint density at radius 2 is 1.56 bits per heavy atom. The van der Waals surface area contributed by atoms with Gasteiger partial charge in [0.1, 0.15) is 5.82 Å². The first-order valence-corrected chi connectivity index (χ1v) is 9.24. The maximum absolute atomic E-state index is 13.4. The summed E-state index contributed by atoms with van der Waals surface area (Å²) < 4.78 is 18.3. The minimum absolute atomic E-state index is 0.0428. The van der Waals surface area contributed by atoms with Crippen molar-refractivity contribution in [2.24, 2.45) is 0 Å². The van der Waals surface area contributed by atoms with E-state index in [1.54, 1.807) is 18.2 Å². The Hall–Kier alpha value is -2.87. The number of halogens is 1. The number of benzene rings is 2. The molecule has 2 amide bonds. The number of carbonyl (C=O) groups is 3. The number of aryl methyl sites for hydroxylation is 1. The van der Waals surface area contributed by atoms with Crippen molar-refractivity contribution in [2.75, 3.05) is 28.7 Å². The lowest BCUT2D eigenvalue weighted by atomic mass is 10.2. The van der Waals surface area contributed by atoms with Crippen molar-refractivity contribution in [1.82, 2.24) is 0 Å². The monoisotopic (exact) mass is 390 g/mol. The van der Waals surface area contributed by atoms with Gasteiger partial charge in [-0.25, -0.2) is 4.39 Å². The zero-order chi connectivity index (χ0) is 19.6. The lowest BCUT2D eigenvalue weighted by molar-refractivity contribution is -0.144. The van der Waals surface area contributed by atoms with Crippen LogP contribution in [0.1, 0.15) is 5.56 Å². The third-order valence-electron chi connectivity index (χ3n) is 3.38. The first kappa shape index (κ1) is 20.4. The van der Waals surface area contributed by atoms with Gasteiger partial charge in [-0.3, -0.25) is 14.4 Å². The maximum atomic E-state index is 13.4. The fraction of sp³-hybridized carbons (Fsp3) is 0.211. The summed E-state index contributed by atoms with van der Waals surface area (Å²) in [5, 5.41) is 5.07. The van der Waals surface area contributed by atoms with E-state index in [0.717, 1.165) is 17.3 Å². The van der Waals surface area contributed by atoms with Gasteiger partial charge in [0.05, 0.1) is 17.2 Å². The average molecular weight is 390 g/mol. The fourth-order valence-corrected chi connectivity index (χ4v) is 2.67. The van der Waals surface area contributed by atoms with Gasteiger partial charge in [0.2, 0.25) is 5.91 Å². The van der Waals surface area contributed by atoms with Crippen molar-refractivity contribution in [3.05, 3.63) is 59.9 Å². The van der Waals surface area contributed by atoms with Crippen LogP contribution in [-0.4, -0.2) is 35.9 Å². The summed E-state index contributed by atoms with van der Waals surface area (Å²) in [7, 11) is 0. The molecule has 2 aromatic carbocycles. The van der Waals surface area contributed by atoms with Crippen molar-refractivity contribution in [2.45, 2.75) is 6.92 Å². The van der Waals surface area contributed by atoms with Crippen molar-refractivity contribution in [1.29, 1.82) is 0 Å². The highest BCUT2D eigenvalue weighted by Crippen LogP contribution is 2.14. The van der Waals surface area contributed by atoms with Crippen LogP contribution < -0.4 is 10.6 Å². The summed E-state index contributed by atoms with van der Waals surface area (Å²) in [6, 6.07) is 13.0. The third kappa shape index (κ3) is 7.10. The number of carbonyl (C=O) groups excluding carboxylic acids is 3. The molecule has 0 atom stereocenters. The Balaban J connectivity index is 1.64. The second-order valence-electron chi connectivity index (χ2n) is 5.54. The topological polar surface area (TPSA) is 84.5 Å². The molecule has 0 bridgehead atoms. The molecule has 142 valence electrons. The third-order valence-corrected chi connectivity index (χ3v) is 4.29. The van der Waals surface area contributed by atoms with E-state index in [1.165, 1.54) is 18.2 Å². The molecule has 2 aromatic rings. The quantitative estimate of drug-likeness (QED) is 0.677. The van der Waals surface area contributed by atoms with Crippen LogP contribution in [0.15, 0.2) is 48.5 Å². The molecule has 8 heteroatoms. The van der Waals surface area contributed by atoms with Gasteiger partial charge in [-0.1, -0.05) is 30.3 Å². The van der Waals surface area contributed by atoms with E-state index >= 15 is 0 Å². The molecule has 0 aromatic heterocycles. The average Bonchev–Trinajstić information content (AvgIpc) is 2.64. The summed E-state index contributed by atoms with van der Waals surface area (Å²) in [5.74, 6) is -2.16. The Bertz CT molecular complexity index is 829. The van der Waals surface area contributed by atoms with Gasteiger partial charge in [-0.05, 0) is 30.7 Å². The molecule has 0 aliphatic heterocycles. The van der Waals surface area contributed by atoms with Crippen molar-refractivity contribution in [3.8, 4) is 0 Å². The molecule has 6 nitrogen and oxygen atoms in total. The Labute approximate surface area is 160 Å². The number of hydrogen-bond donors (Lipinski definition) is 2. The SMILES string of the molecule is Cc1ccccc1NC(=O)COC(=O)CSCC(=O)Nc1ccccc1F. The van der Waals surface area contributed by atoms with Crippen molar-refractivity contribution < 1.29 is 23.5 Å². The lowest BCUT2D eigenvalue weighted by Crippen LogP contribution is -2.22. The first-order valence-electron chi connectivity index (χ1n) is 8.09. The van der Waals surface area contributed by atoms with Crippen LogP contribution in [0.25, 0.3) is 0 Å². The number of ether oxygens (including phenoxy) is 1. The second-order valence-corrected chi connectivity index (χ2v) is 6.53. The van der Waals surface area contributed by atoms with E-state index in [1.807, 2.05) is 19.1 Å². The smallest absolute Gasteiger partial charge is 0.316 e. The standard InChI is InChI=1S/C19H19FN2O4S/c1-13-6-2-4-8-15(13)21-17(23)10-26-19(25)12-27-11-18(24)22-16-9-5-3-7-14(16)20/h2-9H,10-12H2,1H3,(H,21,23)(H,22,24).